The minimum atomic E-state index is 0.194. The molecule has 0 spiro atoms. The molecule has 0 bridgehead atoms. The van der Waals surface area contributed by atoms with Crippen molar-refractivity contribution < 1.29 is 4.79 Å². The number of alkyl halides is 1. The molecule has 0 heterocycles. The molecule has 0 aromatic carbocycles. The van der Waals surface area contributed by atoms with E-state index in [1.165, 1.54) is 0 Å². The summed E-state index contributed by atoms with van der Waals surface area (Å²) in [6.45, 7) is 6.35. The summed E-state index contributed by atoms with van der Waals surface area (Å²) in [5.41, 5.74) is 0. The van der Waals surface area contributed by atoms with Crippen LogP contribution in [0.25, 0.3) is 0 Å². The van der Waals surface area contributed by atoms with E-state index in [9.17, 15) is 4.79 Å². The number of halogens is 1. The monoisotopic (exact) mass is 247 g/mol. The Morgan fingerprint density at radius 3 is 2.06 bits per heavy atom. The first-order valence-corrected chi connectivity index (χ1v) is 7.09. The van der Waals surface area contributed by atoms with Crippen LogP contribution in [0.5, 0.6) is 0 Å². The van der Waals surface area contributed by atoms with E-state index in [4.69, 9.17) is 11.6 Å². The van der Waals surface area contributed by atoms with Crippen molar-refractivity contribution >= 4 is 17.5 Å². The fourth-order valence-electron chi connectivity index (χ4n) is 1.93. The van der Waals surface area contributed by atoms with E-state index in [1.807, 2.05) is 0 Å². The second-order valence-electron chi connectivity index (χ2n) is 4.37. The maximum Gasteiger partial charge on any atom is 0.223 e. The van der Waals surface area contributed by atoms with Crippen molar-refractivity contribution in [2.24, 2.45) is 5.92 Å². The zero-order chi connectivity index (χ0) is 12.4. The van der Waals surface area contributed by atoms with E-state index in [0.717, 1.165) is 38.5 Å². The van der Waals surface area contributed by atoms with Gasteiger partial charge in [0.1, 0.15) is 0 Å². The molecular weight excluding hydrogens is 222 g/mol. The summed E-state index contributed by atoms with van der Waals surface area (Å²) in [5.74, 6) is 1.03. The minimum Gasteiger partial charge on any atom is -0.353 e. The fourth-order valence-corrected chi connectivity index (χ4v) is 2.20. The Balaban J connectivity index is 4.14. The van der Waals surface area contributed by atoms with Crippen molar-refractivity contribution in [3.8, 4) is 0 Å². The van der Waals surface area contributed by atoms with Crippen molar-refractivity contribution in [2.45, 2.75) is 65.3 Å². The summed E-state index contributed by atoms with van der Waals surface area (Å²) in [7, 11) is 0. The Morgan fingerprint density at radius 2 is 1.69 bits per heavy atom. The average Bonchev–Trinajstić information content (AvgIpc) is 2.28. The van der Waals surface area contributed by atoms with Crippen molar-refractivity contribution in [2.75, 3.05) is 5.88 Å². The molecule has 2 nitrogen and oxygen atoms in total. The Bertz CT molecular complexity index is 179. The van der Waals surface area contributed by atoms with Crippen LogP contribution in [0, 0.1) is 5.92 Å². The van der Waals surface area contributed by atoms with Crippen LogP contribution in [0.1, 0.15) is 59.3 Å². The first-order chi connectivity index (χ1) is 7.69. The number of carbonyl (C=O) groups is 1. The van der Waals surface area contributed by atoms with Crippen molar-refractivity contribution in [1.29, 1.82) is 0 Å². The summed E-state index contributed by atoms with van der Waals surface area (Å²) >= 11 is 5.71. The second-order valence-corrected chi connectivity index (χ2v) is 4.74. The van der Waals surface area contributed by atoms with E-state index < -0.39 is 0 Å². The smallest absolute Gasteiger partial charge is 0.223 e. The molecule has 0 aliphatic rings. The molecule has 96 valence electrons. The number of nitrogens with one attached hydrogen (secondary N) is 1. The van der Waals surface area contributed by atoms with Crippen LogP contribution in [-0.4, -0.2) is 17.8 Å². The minimum absolute atomic E-state index is 0.194. The zero-order valence-corrected chi connectivity index (χ0v) is 11.6. The first kappa shape index (κ1) is 15.8. The van der Waals surface area contributed by atoms with Gasteiger partial charge in [-0.1, -0.05) is 33.6 Å². The lowest BCUT2D eigenvalue weighted by atomic mass is 9.96. The average molecular weight is 248 g/mol. The van der Waals surface area contributed by atoms with Crippen molar-refractivity contribution in [3.05, 3.63) is 0 Å². The zero-order valence-electron chi connectivity index (χ0n) is 10.9. The van der Waals surface area contributed by atoms with E-state index >= 15 is 0 Å². The van der Waals surface area contributed by atoms with Gasteiger partial charge in [0, 0.05) is 17.8 Å². The highest BCUT2D eigenvalue weighted by molar-refractivity contribution is 6.17. The molecule has 0 rings (SSSR count). The van der Waals surface area contributed by atoms with Crippen LogP contribution >= 0.6 is 11.6 Å². The molecule has 16 heavy (non-hydrogen) atoms. The Kier molecular flexibility index (Phi) is 9.80. The summed E-state index contributed by atoms with van der Waals surface area (Å²) in [5, 5.41) is 3.11. The SMILES string of the molecule is CCCC(CCC)C(=O)NC(CC)CCCl. The molecule has 0 aliphatic heterocycles. The second kappa shape index (κ2) is 9.95. The van der Waals surface area contributed by atoms with Gasteiger partial charge in [-0.25, -0.2) is 0 Å². The predicted octanol–water partition coefficient (Wildman–Crippen LogP) is 3.73. The largest absolute Gasteiger partial charge is 0.353 e. The highest BCUT2D eigenvalue weighted by atomic mass is 35.5. The third-order valence-corrected chi connectivity index (χ3v) is 3.16. The molecule has 1 N–H and O–H groups in total. The van der Waals surface area contributed by atoms with Gasteiger partial charge in [-0.15, -0.1) is 11.6 Å². The molecule has 0 fully saturated rings. The highest BCUT2D eigenvalue weighted by Gasteiger charge is 2.18. The number of carbonyl (C=O) groups excluding carboxylic acids is 1. The summed E-state index contributed by atoms with van der Waals surface area (Å²) in [6, 6.07) is 0.251. The molecule has 0 aromatic heterocycles. The molecule has 3 heteroatoms. The standard InChI is InChI=1S/C13H26ClNO/c1-4-7-11(8-5-2)13(16)15-12(6-3)9-10-14/h11-12H,4-10H2,1-3H3,(H,15,16). The van der Waals surface area contributed by atoms with E-state index in [2.05, 4.69) is 26.1 Å². The Morgan fingerprint density at radius 1 is 1.12 bits per heavy atom. The quantitative estimate of drug-likeness (QED) is 0.618. The van der Waals surface area contributed by atoms with Gasteiger partial charge in [0.15, 0.2) is 0 Å². The normalized spacial score (nSPS) is 12.8. The summed E-state index contributed by atoms with van der Waals surface area (Å²) in [6.07, 6.45) is 5.97. The van der Waals surface area contributed by atoms with Gasteiger partial charge in [0.25, 0.3) is 0 Å². The number of rotatable bonds is 9. The molecule has 0 saturated carbocycles. The van der Waals surface area contributed by atoms with Gasteiger partial charge in [0.05, 0.1) is 0 Å². The topological polar surface area (TPSA) is 29.1 Å². The van der Waals surface area contributed by atoms with Gasteiger partial charge in [-0.3, -0.25) is 4.79 Å². The highest BCUT2D eigenvalue weighted by Crippen LogP contribution is 2.14. The lowest BCUT2D eigenvalue weighted by molar-refractivity contribution is -0.126. The predicted molar refractivity (Wildman–Crippen MR) is 70.9 cm³/mol. The van der Waals surface area contributed by atoms with E-state index in [0.29, 0.717) is 5.88 Å². The molecule has 0 aromatic rings. The molecule has 0 radical (unpaired) electrons. The van der Waals surface area contributed by atoms with E-state index in [1.54, 1.807) is 0 Å². The Labute approximate surface area is 105 Å². The molecule has 1 atom stereocenters. The molecule has 0 aliphatic carbocycles. The lowest BCUT2D eigenvalue weighted by Crippen LogP contribution is -2.38. The van der Waals surface area contributed by atoms with Crippen LogP contribution in [0.3, 0.4) is 0 Å². The van der Waals surface area contributed by atoms with Crippen LogP contribution in [0.2, 0.25) is 0 Å². The van der Waals surface area contributed by atoms with Crippen molar-refractivity contribution in [3.63, 3.8) is 0 Å². The third kappa shape index (κ3) is 6.37. The van der Waals surface area contributed by atoms with Crippen LogP contribution in [-0.2, 0) is 4.79 Å². The molecule has 1 unspecified atom stereocenters. The number of amides is 1. The number of hydrogen-bond donors (Lipinski definition) is 1. The summed E-state index contributed by atoms with van der Waals surface area (Å²) in [4.78, 5) is 12.0. The van der Waals surface area contributed by atoms with Gasteiger partial charge >= 0.3 is 0 Å². The fraction of sp³-hybridized carbons (Fsp3) is 0.923. The van der Waals surface area contributed by atoms with Gasteiger partial charge in [-0.05, 0) is 25.7 Å². The van der Waals surface area contributed by atoms with Gasteiger partial charge in [0.2, 0.25) is 5.91 Å². The Hall–Kier alpha value is -0.240. The molecular formula is C13H26ClNO. The lowest BCUT2D eigenvalue weighted by Gasteiger charge is -2.20. The third-order valence-electron chi connectivity index (χ3n) is 2.94. The van der Waals surface area contributed by atoms with Crippen LogP contribution in [0.4, 0.5) is 0 Å². The van der Waals surface area contributed by atoms with Crippen LogP contribution in [0.15, 0.2) is 0 Å². The van der Waals surface area contributed by atoms with Crippen LogP contribution < -0.4 is 5.32 Å². The first-order valence-electron chi connectivity index (χ1n) is 6.55. The van der Waals surface area contributed by atoms with Gasteiger partial charge < -0.3 is 5.32 Å². The number of hydrogen-bond acceptors (Lipinski definition) is 1. The maximum atomic E-state index is 12.0. The summed E-state index contributed by atoms with van der Waals surface area (Å²) < 4.78 is 0. The van der Waals surface area contributed by atoms with Crippen molar-refractivity contribution in [1.82, 2.24) is 5.32 Å². The molecule has 0 saturated heterocycles. The van der Waals surface area contributed by atoms with E-state index in [-0.39, 0.29) is 17.9 Å². The van der Waals surface area contributed by atoms with Gasteiger partial charge in [-0.2, -0.15) is 0 Å². The molecule has 1 amide bonds. The maximum absolute atomic E-state index is 12.0.